The van der Waals surface area contributed by atoms with Gasteiger partial charge in [-0.05, 0) is 51.0 Å². The molecule has 0 saturated heterocycles. The van der Waals surface area contributed by atoms with Gasteiger partial charge in [0.2, 0.25) is 5.88 Å². The molecule has 33 heavy (non-hydrogen) atoms. The highest BCUT2D eigenvalue weighted by Gasteiger charge is 2.18. The number of pyridine rings is 1. The number of nitrogens with zero attached hydrogens (tertiary/aromatic N) is 4. The number of fused-ring (bicyclic) bond motifs is 2. The molecule has 0 fully saturated rings. The van der Waals surface area contributed by atoms with Crippen LogP contribution < -0.4 is 5.56 Å². The molecule has 0 saturated carbocycles. The minimum atomic E-state index is -0.277. The van der Waals surface area contributed by atoms with E-state index in [9.17, 15) is 9.90 Å². The SMILES string of the molecule is Cc1ccc(-n2c(O)c(/C=N/c3ncnc4sc(C)c(C)c34)c3ccccc3c2=O)c(C)c1. The summed E-state index contributed by atoms with van der Waals surface area (Å²) in [5.41, 5.74) is 3.89. The molecule has 6 nitrogen and oxygen atoms in total. The quantitative estimate of drug-likeness (QED) is 0.355. The van der Waals surface area contributed by atoms with E-state index in [4.69, 9.17) is 0 Å². The van der Waals surface area contributed by atoms with Crippen LogP contribution in [0.2, 0.25) is 0 Å². The van der Waals surface area contributed by atoms with Crippen molar-refractivity contribution in [3.8, 4) is 11.6 Å². The van der Waals surface area contributed by atoms with E-state index in [2.05, 4.69) is 15.0 Å². The van der Waals surface area contributed by atoms with Crippen molar-refractivity contribution in [3.05, 3.63) is 86.3 Å². The second-order valence-corrected chi connectivity index (χ2v) is 9.34. The average Bonchev–Trinajstić information content (AvgIpc) is 3.09. The highest BCUT2D eigenvalue weighted by molar-refractivity contribution is 7.18. The maximum Gasteiger partial charge on any atom is 0.265 e. The van der Waals surface area contributed by atoms with Crippen molar-refractivity contribution in [1.82, 2.24) is 14.5 Å². The van der Waals surface area contributed by atoms with Crippen LogP contribution >= 0.6 is 11.3 Å². The lowest BCUT2D eigenvalue weighted by atomic mass is 10.1. The highest BCUT2D eigenvalue weighted by Crippen LogP contribution is 2.34. The standard InChI is InChI=1S/C26H22N4O2S/c1-14-9-10-21(15(2)11-14)30-25(31)19-8-6-5-7-18(19)20(26(30)32)12-27-23-22-16(3)17(4)33-24(22)29-13-28-23/h5-13,32H,1-4H3/b27-12+. The van der Waals surface area contributed by atoms with Gasteiger partial charge in [0.1, 0.15) is 11.2 Å². The Morgan fingerprint density at radius 2 is 1.79 bits per heavy atom. The average molecular weight is 455 g/mol. The van der Waals surface area contributed by atoms with Crippen LogP contribution in [-0.2, 0) is 0 Å². The number of aromatic nitrogens is 3. The zero-order chi connectivity index (χ0) is 23.3. The van der Waals surface area contributed by atoms with Gasteiger partial charge in [-0.3, -0.25) is 4.79 Å². The Morgan fingerprint density at radius 1 is 1.03 bits per heavy atom. The predicted octanol–water partition coefficient (Wildman–Crippen LogP) is 5.69. The van der Waals surface area contributed by atoms with Crippen molar-refractivity contribution in [2.45, 2.75) is 27.7 Å². The summed E-state index contributed by atoms with van der Waals surface area (Å²) in [6.07, 6.45) is 3.09. The Morgan fingerprint density at radius 3 is 2.55 bits per heavy atom. The van der Waals surface area contributed by atoms with Gasteiger partial charge in [-0.15, -0.1) is 11.3 Å². The number of aromatic hydroxyl groups is 1. The summed E-state index contributed by atoms with van der Waals surface area (Å²) < 4.78 is 1.36. The van der Waals surface area contributed by atoms with E-state index in [-0.39, 0.29) is 11.4 Å². The predicted molar refractivity (Wildman–Crippen MR) is 135 cm³/mol. The molecule has 0 aliphatic rings. The third-order valence-electron chi connectivity index (χ3n) is 5.96. The Labute approximate surface area is 194 Å². The van der Waals surface area contributed by atoms with Crippen LogP contribution in [0.25, 0.3) is 26.7 Å². The molecule has 3 heterocycles. The minimum Gasteiger partial charge on any atom is -0.494 e. The lowest BCUT2D eigenvalue weighted by Gasteiger charge is -2.16. The summed E-state index contributed by atoms with van der Waals surface area (Å²) in [6, 6.07) is 13.0. The molecule has 0 amide bonds. The van der Waals surface area contributed by atoms with Crippen LogP contribution in [0.15, 0.2) is 58.6 Å². The van der Waals surface area contributed by atoms with Gasteiger partial charge in [0.05, 0.1) is 16.6 Å². The van der Waals surface area contributed by atoms with E-state index in [1.807, 2.05) is 64.1 Å². The summed E-state index contributed by atoms with van der Waals surface area (Å²) in [4.78, 5) is 28.8. The molecule has 0 bridgehead atoms. The minimum absolute atomic E-state index is 0.155. The van der Waals surface area contributed by atoms with Crippen LogP contribution in [-0.4, -0.2) is 25.9 Å². The number of rotatable bonds is 3. The van der Waals surface area contributed by atoms with Gasteiger partial charge in [0, 0.05) is 21.9 Å². The van der Waals surface area contributed by atoms with Crippen LogP contribution in [0.3, 0.4) is 0 Å². The molecular weight excluding hydrogens is 432 g/mol. The molecule has 3 aromatic heterocycles. The first-order chi connectivity index (χ1) is 15.9. The van der Waals surface area contributed by atoms with Crippen LogP contribution in [0.1, 0.15) is 27.1 Å². The van der Waals surface area contributed by atoms with Gasteiger partial charge in [0.25, 0.3) is 5.56 Å². The van der Waals surface area contributed by atoms with E-state index < -0.39 is 0 Å². The second-order valence-electron chi connectivity index (χ2n) is 8.13. The summed E-state index contributed by atoms with van der Waals surface area (Å²) >= 11 is 1.60. The largest absolute Gasteiger partial charge is 0.494 e. The fraction of sp³-hybridized carbons (Fsp3) is 0.154. The molecule has 0 radical (unpaired) electrons. The Kier molecular flexibility index (Phi) is 5.06. The molecule has 0 aliphatic carbocycles. The molecule has 0 spiro atoms. The molecule has 2 aromatic carbocycles. The summed E-state index contributed by atoms with van der Waals surface area (Å²) in [5, 5.41) is 13.4. The van der Waals surface area contributed by atoms with E-state index in [1.54, 1.807) is 23.6 Å². The van der Waals surface area contributed by atoms with Crippen molar-refractivity contribution >= 4 is 44.4 Å². The lowest BCUT2D eigenvalue weighted by Crippen LogP contribution is -2.21. The van der Waals surface area contributed by atoms with Crippen molar-refractivity contribution in [1.29, 1.82) is 0 Å². The molecule has 0 atom stereocenters. The molecule has 164 valence electrons. The molecule has 5 rings (SSSR count). The third kappa shape index (κ3) is 3.41. The van der Waals surface area contributed by atoms with Gasteiger partial charge in [-0.2, -0.15) is 0 Å². The molecule has 5 aromatic rings. The summed E-state index contributed by atoms with van der Waals surface area (Å²) in [5.74, 6) is 0.382. The molecule has 1 N–H and O–H groups in total. The summed E-state index contributed by atoms with van der Waals surface area (Å²) in [7, 11) is 0. The van der Waals surface area contributed by atoms with E-state index in [0.29, 0.717) is 27.8 Å². The fourth-order valence-corrected chi connectivity index (χ4v) is 5.15. The van der Waals surface area contributed by atoms with Crippen LogP contribution in [0.4, 0.5) is 5.82 Å². The smallest absolute Gasteiger partial charge is 0.265 e. The van der Waals surface area contributed by atoms with Gasteiger partial charge in [-0.25, -0.2) is 19.5 Å². The molecular formula is C26H22N4O2S. The number of hydrogen-bond acceptors (Lipinski definition) is 6. The van der Waals surface area contributed by atoms with Gasteiger partial charge >= 0.3 is 0 Å². The Hall–Kier alpha value is -3.84. The van der Waals surface area contributed by atoms with Crippen molar-refractivity contribution in [2.24, 2.45) is 4.99 Å². The normalized spacial score (nSPS) is 11.8. The first-order valence-electron chi connectivity index (χ1n) is 10.6. The number of aryl methyl sites for hydroxylation is 4. The summed E-state index contributed by atoms with van der Waals surface area (Å²) in [6.45, 7) is 8.00. The van der Waals surface area contributed by atoms with Gasteiger partial charge in [-0.1, -0.05) is 35.9 Å². The maximum atomic E-state index is 13.4. The van der Waals surface area contributed by atoms with Crippen molar-refractivity contribution < 1.29 is 5.11 Å². The van der Waals surface area contributed by atoms with Crippen molar-refractivity contribution in [2.75, 3.05) is 0 Å². The zero-order valence-corrected chi connectivity index (χ0v) is 19.6. The van der Waals surface area contributed by atoms with Crippen LogP contribution in [0.5, 0.6) is 5.88 Å². The number of aliphatic imine (C=N–C) groups is 1. The molecule has 0 aliphatic heterocycles. The van der Waals surface area contributed by atoms with Gasteiger partial charge in [0.15, 0.2) is 5.82 Å². The molecule has 7 heteroatoms. The van der Waals surface area contributed by atoms with Crippen molar-refractivity contribution in [3.63, 3.8) is 0 Å². The fourth-order valence-electron chi connectivity index (χ4n) is 4.16. The second kappa shape index (κ2) is 7.94. The van der Waals surface area contributed by atoms with E-state index in [1.165, 1.54) is 15.8 Å². The zero-order valence-electron chi connectivity index (χ0n) is 18.7. The van der Waals surface area contributed by atoms with Crippen LogP contribution in [0, 0.1) is 27.7 Å². The third-order valence-corrected chi connectivity index (χ3v) is 7.07. The van der Waals surface area contributed by atoms with E-state index >= 15 is 0 Å². The number of thiophene rings is 1. The van der Waals surface area contributed by atoms with Gasteiger partial charge < -0.3 is 5.11 Å². The monoisotopic (exact) mass is 454 g/mol. The Bertz CT molecular complexity index is 1650. The number of benzene rings is 2. The first-order valence-corrected chi connectivity index (χ1v) is 11.4. The topological polar surface area (TPSA) is 80.4 Å². The molecule has 0 unspecified atom stereocenters. The maximum absolute atomic E-state index is 13.4. The number of hydrogen-bond donors (Lipinski definition) is 1. The highest BCUT2D eigenvalue weighted by atomic mass is 32.1. The lowest BCUT2D eigenvalue weighted by molar-refractivity contribution is 0.436. The Balaban J connectivity index is 1.78. The van der Waals surface area contributed by atoms with E-state index in [0.717, 1.165) is 26.9 Å². The first kappa shape index (κ1) is 21.0.